The number of rotatable bonds is 1. The van der Waals surface area contributed by atoms with E-state index in [-0.39, 0.29) is 5.82 Å². The lowest BCUT2D eigenvalue weighted by atomic mass is 10.1. The Bertz CT molecular complexity index is 780. The van der Waals surface area contributed by atoms with E-state index in [9.17, 15) is 4.39 Å². The molecular formula is C15H11FN2S2. The molecule has 4 rings (SSSR count). The van der Waals surface area contributed by atoms with Gasteiger partial charge in [-0.3, -0.25) is 0 Å². The van der Waals surface area contributed by atoms with Crippen molar-refractivity contribution in [1.29, 1.82) is 0 Å². The molecule has 0 amide bonds. The van der Waals surface area contributed by atoms with Gasteiger partial charge in [0.15, 0.2) is 5.82 Å². The molecule has 0 spiro atoms. The second kappa shape index (κ2) is 4.82. The zero-order valence-corrected chi connectivity index (χ0v) is 12.2. The van der Waals surface area contributed by atoms with E-state index in [1.165, 1.54) is 33.7 Å². The third-order valence-corrected chi connectivity index (χ3v) is 5.78. The second-order valence-electron chi connectivity index (χ2n) is 4.73. The number of benzene rings is 1. The van der Waals surface area contributed by atoms with Crippen molar-refractivity contribution >= 4 is 33.3 Å². The van der Waals surface area contributed by atoms with Crippen LogP contribution in [0, 0.1) is 5.82 Å². The number of fused-ring (bicyclic) bond motifs is 3. The van der Waals surface area contributed by atoms with Crippen LogP contribution >= 0.6 is 23.1 Å². The van der Waals surface area contributed by atoms with E-state index >= 15 is 0 Å². The van der Waals surface area contributed by atoms with Gasteiger partial charge in [-0.2, -0.15) is 11.8 Å². The summed E-state index contributed by atoms with van der Waals surface area (Å²) in [7, 11) is 0. The van der Waals surface area contributed by atoms with Gasteiger partial charge in [-0.1, -0.05) is 0 Å². The second-order valence-corrected chi connectivity index (χ2v) is 6.91. The molecule has 20 heavy (non-hydrogen) atoms. The number of halogens is 1. The van der Waals surface area contributed by atoms with E-state index < -0.39 is 0 Å². The van der Waals surface area contributed by atoms with Gasteiger partial charge in [0.1, 0.15) is 10.6 Å². The van der Waals surface area contributed by atoms with Crippen LogP contribution in [0.1, 0.15) is 10.4 Å². The fourth-order valence-corrected chi connectivity index (χ4v) is 4.77. The Hall–Kier alpha value is -1.46. The first-order chi connectivity index (χ1) is 9.81. The van der Waals surface area contributed by atoms with E-state index in [1.54, 1.807) is 23.5 Å². The maximum atomic E-state index is 13.0. The van der Waals surface area contributed by atoms with Crippen LogP contribution in [0.5, 0.6) is 0 Å². The van der Waals surface area contributed by atoms with Gasteiger partial charge >= 0.3 is 0 Å². The van der Waals surface area contributed by atoms with Crippen molar-refractivity contribution in [2.24, 2.45) is 0 Å². The number of nitrogens with zero attached hydrogens (tertiary/aromatic N) is 2. The minimum absolute atomic E-state index is 0.238. The lowest BCUT2D eigenvalue weighted by molar-refractivity contribution is 0.628. The Labute approximate surface area is 124 Å². The molecule has 0 saturated carbocycles. The zero-order valence-electron chi connectivity index (χ0n) is 10.6. The topological polar surface area (TPSA) is 25.8 Å². The molecule has 1 aromatic carbocycles. The van der Waals surface area contributed by atoms with Crippen molar-refractivity contribution in [3.05, 3.63) is 46.7 Å². The molecule has 0 N–H and O–H groups in total. The van der Waals surface area contributed by atoms with Crippen LogP contribution in [0.25, 0.3) is 21.6 Å². The Kier molecular flexibility index (Phi) is 2.97. The fourth-order valence-electron chi connectivity index (χ4n) is 2.45. The molecule has 0 radical (unpaired) electrons. The average molecular weight is 302 g/mol. The highest BCUT2D eigenvalue weighted by Gasteiger charge is 2.17. The molecule has 0 fully saturated rings. The number of hydrogen-bond donors (Lipinski definition) is 0. The quantitative estimate of drug-likeness (QED) is 0.671. The predicted molar refractivity (Wildman–Crippen MR) is 82.7 cm³/mol. The average Bonchev–Trinajstić information content (AvgIpc) is 2.85. The standard InChI is InChI=1S/C15H11FN2S2/c16-10-3-1-9(2-4-10)14-17-7-12-11-5-6-19-8-13(11)20-15(12)18-14/h1-4,7H,5-6,8H2. The summed E-state index contributed by atoms with van der Waals surface area (Å²) in [5.41, 5.74) is 2.28. The lowest BCUT2D eigenvalue weighted by Gasteiger charge is -2.09. The molecule has 0 atom stereocenters. The first kappa shape index (κ1) is 12.3. The summed E-state index contributed by atoms with van der Waals surface area (Å²) in [6.07, 6.45) is 3.03. The largest absolute Gasteiger partial charge is 0.236 e. The van der Waals surface area contributed by atoms with Gasteiger partial charge in [-0.05, 0) is 42.0 Å². The van der Waals surface area contributed by atoms with Gasteiger partial charge < -0.3 is 0 Å². The van der Waals surface area contributed by atoms with Crippen LogP contribution in [0.3, 0.4) is 0 Å². The van der Waals surface area contributed by atoms with Crippen LogP contribution in [0.15, 0.2) is 30.5 Å². The maximum Gasteiger partial charge on any atom is 0.160 e. The Morgan fingerprint density at radius 3 is 2.85 bits per heavy atom. The smallest absolute Gasteiger partial charge is 0.160 e. The van der Waals surface area contributed by atoms with Crippen molar-refractivity contribution < 1.29 is 4.39 Å². The summed E-state index contributed by atoms with van der Waals surface area (Å²) < 4.78 is 13.0. The van der Waals surface area contributed by atoms with Gasteiger partial charge in [-0.15, -0.1) is 11.3 Å². The molecule has 0 saturated heterocycles. The summed E-state index contributed by atoms with van der Waals surface area (Å²) in [6, 6.07) is 6.33. The lowest BCUT2D eigenvalue weighted by Crippen LogP contribution is -1.98. The minimum atomic E-state index is -0.238. The highest BCUT2D eigenvalue weighted by atomic mass is 32.2. The Morgan fingerprint density at radius 1 is 1.15 bits per heavy atom. The molecule has 2 aromatic heterocycles. The molecule has 100 valence electrons. The van der Waals surface area contributed by atoms with Crippen LogP contribution in [-0.2, 0) is 12.2 Å². The first-order valence-corrected chi connectivity index (χ1v) is 8.39. The van der Waals surface area contributed by atoms with Crippen molar-refractivity contribution in [3.63, 3.8) is 0 Å². The van der Waals surface area contributed by atoms with Gasteiger partial charge in [0.2, 0.25) is 0 Å². The van der Waals surface area contributed by atoms with Gasteiger partial charge in [-0.25, -0.2) is 14.4 Å². The van der Waals surface area contributed by atoms with E-state index in [1.807, 2.05) is 18.0 Å². The first-order valence-electron chi connectivity index (χ1n) is 6.42. The van der Waals surface area contributed by atoms with Crippen molar-refractivity contribution in [1.82, 2.24) is 9.97 Å². The molecule has 1 aliphatic heterocycles. The highest BCUT2D eigenvalue weighted by molar-refractivity contribution is 7.98. The minimum Gasteiger partial charge on any atom is -0.236 e. The molecule has 2 nitrogen and oxygen atoms in total. The summed E-state index contributed by atoms with van der Waals surface area (Å²) in [4.78, 5) is 11.6. The number of aromatic nitrogens is 2. The molecule has 0 aliphatic carbocycles. The van der Waals surface area contributed by atoms with Gasteiger partial charge in [0.05, 0.1) is 0 Å². The summed E-state index contributed by atoms with van der Waals surface area (Å²) in [6.45, 7) is 0. The van der Waals surface area contributed by atoms with E-state index in [0.717, 1.165) is 22.6 Å². The summed E-state index contributed by atoms with van der Waals surface area (Å²) >= 11 is 3.74. The fraction of sp³-hybridized carbons (Fsp3) is 0.200. The molecule has 0 unspecified atom stereocenters. The number of thiophene rings is 1. The third kappa shape index (κ3) is 2.01. The summed E-state index contributed by atoms with van der Waals surface area (Å²) in [5.74, 6) is 2.70. The maximum absolute atomic E-state index is 13.0. The normalized spacial score (nSPS) is 14.4. The van der Waals surface area contributed by atoms with Crippen molar-refractivity contribution in [2.45, 2.75) is 12.2 Å². The van der Waals surface area contributed by atoms with Gasteiger partial charge in [0.25, 0.3) is 0 Å². The number of hydrogen-bond acceptors (Lipinski definition) is 4. The molecule has 1 aliphatic rings. The molecule has 0 bridgehead atoms. The molecule has 5 heteroatoms. The number of aryl methyl sites for hydroxylation is 1. The van der Waals surface area contributed by atoms with Crippen molar-refractivity contribution in [3.8, 4) is 11.4 Å². The summed E-state index contributed by atoms with van der Waals surface area (Å²) in [5, 5.41) is 1.19. The Balaban J connectivity index is 1.84. The van der Waals surface area contributed by atoms with Crippen LogP contribution in [-0.4, -0.2) is 15.7 Å². The van der Waals surface area contributed by atoms with Crippen molar-refractivity contribution in [2.75, 3.05) is 5.75 Å². The Morgan fingerprint density at radius 2 is 2.00 bits per heavy atom. The van der Waals surface area contributed by atoms with E-state index in [4.69, 9.17) is 0 Å². The van der Waals surface area contributed by atoms with Gasteiger partial charge in [0, 0.05) is 27.8 Å². The molecular weight excluding hydrogens is 291 g/mol. The molecule has 3 aromatic rings. The SMILES string of the molecule is Fc1ccc(-c2ncc3c4c(sc3n2)CSCC4)cc1. The number of thioether (sulfide) groups is 1. The van der Waals surface area contributed by atoms with E-state index in [2.05, 4.69) is 9.97 Å². The monoisotopic (exact) mass is 302 g/mol. The molecule has 3 heterocycles. The predicted octanol–water partition coefficient (Wildman–Crippen LogP) is 4.29. The van der Waals surface area contributed by atoms with E-state index in [0.29, 0.717) is 5.82 Å². The van der Waals surface area contributed by atoms with Crippen LogP contribution < -0.4 is 0 Å². The van der Waals surface area contributed by atoms with Crippen LogP contribution in [0.4, 0.5) is 4.39 Å². The zero-order chi connectivity index (χ0) is 13.5. The highest BCUT2D eigenvalue weighted by Crippen LogP contribution is 2.37. The third-order valence-electron chi connectivity index (χ3n) is 3.47. The van der Waals surface area contributed by atoms with Crippen LogP contribution in [0.2, 0.25) is 0 Å².